The Labute approximate surface area is 135 Å². The van der Waals surface area contributed by atoms with Crippen LogP contribution in [0.15, 0.2) is 5.38 Å². The fraction of sp³-hybridized carbons (Fsp3) is 0.833. The van der Waals surface area contributed by atoms with Crippen LogP contribution in [0.4, 0.5) is 0 Å². The standard InChI is InChI=1S/C18H34N2S/c1-7-9-10-11-12-18(6,19-13-8-2)16-20-15(14-21-16)17(3,4)5/h14,19H,7-13H2,1-6H3. The highest BCUT2D eigenvalue weighted by molar-refractivity contribution is 7.09. The van der Waals surface area contributed by atoms with Gasteiger partial charge in [-0.3, -0.25) is 0 Å². The van der Waals surface area contributed by atoms with Crippen molar-refractivity contribution in [3.05, 3.63) is 16.1 Å². The summed E-state index contributed by atoms with van der Waals surface area (Å²) in [5.41, 5.74) is 1.40. The van der Waals surface area contributed by atoms with Crippen LogP contribution < -0.4 is 5.32 Å². The van der Waals surface area contributed by atoms with Crippen molar-refractivity contribution in [2.45, 2.75) is 91.0 Å². The summed E-state index contributed by atoms with van der Waals surface area (Å²) in [5.74, 6) is 0. The van der Waals surface area contributed by atoms with Crippen molar-refractivity contribution in [3.8, 4) is 0 Å². The van der Waals surface area contributed by atoms with Crippen molar-refractivity contribution in [2.75, 3.05) is 6.54 Å². The van der Waals surface area contributed by atoms with Gasteiger partial charge in [0.2, 0.25) is 0 Å². The number of hydrogen-bond acceptors (Lipinski definition) is 3. The van der Waals surface area contributed by atoms with Crippen LogP contribution in [-0.2, 0) is 11.0 Å². The first-order chi connectivity index (χ1) is 9.83. The summed E-state index contributed by atoms with van der Waals surface area (Å²) in [6.45, 7) is 14.6. The molecule has 1 rings (SSSR count). The maximum atomic E-state index is 4.96. The number of aromatic nitrogens is 1. The first kappa shape index (κ1) is 18.6. The van der Waals surface area contributed by atoms with Crippen LogP contribution in [0, 0.1) is 0 Å². The second kappa shape index (κ2) is 8.28. The summed E-state index contributed by atoms with van der Waals surface area (Å²) in [4.78, 5) is 4.96. The van der Waals surface area contributed by atoms with Gasteiger partial charge in [-0.1, -0.05) is 60.3 Å². The maximum Gasteiger partial charge on any atom is 0.113 e. The largest absolute Gasteiger partial charge is 0.306 e. The van der Waals surface area contributed by atoms with Crippen LogP contribution in [0.5, 0.6) is 0 Å². The fourth-order valence-electron chi connectivity index (χ4n) is 2.45. The normalized spacial score (nSPS) is 15.1. The summed E-state index contributed by atoms with van der Waals surface area (Å²) >= 11 is 1.82. The van der Waals surface area contributed by atoms with E-state index in [1.54, 1.807) is 0 Å². The Morgan fingerprint density at radius 3 is 2.29 bits per heavy atom. The van der Waals surface area contributed by atoms with Gasteiger partial charge in [0.05, 0.1) is 11.2 Å². The molecule has 1 unspecified atom stereocenters. The smallest absolute Gasteiger partial charge is 0.113 e. The highest BCUT2D eigenvalue weighted by Crippen LogP contribution is 2.33. The summed E-state index contributed by atoms with van der Waals surface area (Å²) in [7, 11) is 0. The van der Waals surface area contributed by atoms with Crippen LogP contribution in [0.2, 0.25) is 0 Å². The molecule has 2 nitrogen and oxygen atoms in total. The van der Waals surface area contributed by atoms with E-state index in [1.165, 1.54) is 49.2 Å². The van der Waals surface area contributed by atoms with E-state index in [-0.39, 0.29) is 11.0 Å². The van der Waals surface area contributed by atoms with E-state index in [2.05, 4.69) is 52.2 Å². The van der Waals surface area contributed by atoms with E-state index in [9.17, 15) is 0 Å². The topological polar surface area (TPSA) is 24.9 Å². The predicted octanol–water partition coefficient (Wildman–Crippen LogP) is 5.63. The summed E-state index contributed by atoms with van der Waals surface area (Å²) in [6.07, 6.45) is 7.61. The molecule has 1 atom stereocenters. The third-order valence-corrected chi connectivity index (χ3v) is 5.15. The zero-order valence-corrected chi connectivity index (χ0v) is 15.7. The lowest BCUT2D eigenvalue weighted by Gasteiger charge is -2.29. The molecule has 0 amide bonds. The molecule has 0 aliphatic heterocycles. The molecule has 0 saturated heterocycles. The molecule has 1 N–H and O–H groups in total. The Balaban J connectivity index is 2.82. The van der Waals surface area contributed by atoms with Gasteiger partial charge < -0.3 is 5.32 Å². The minimum absolute atomic E-state index is 0.0396. The van der Waals surface area contributed by atoms with E-state index in [1.807, 2.05) is 11.3 Å². The van der Waals surface area contributed by atoms with Crippen LogP contribution in [-0.4, -0.2) is 11.5 Å². The van der Waals surface area contributed by atoms with Crippen LogP contribution in [0.1, 0.15) is 90.8 Å². The SMILES string of the molecule is CCCCCCC(C)(NCCC)c1nc(C(C)(C)C)cs1. The highest BCUT2D eigenvalue weighted by atomic mass is 32.1. The van der Waals surface area contributed by atoms with Gasteiger partial charge in [-0.15, -0.1) is 11.3 Å². The fourth-order valence-corrected chi connectivity index (χ4v) is 3.66. The molecular weight excluding hydrogens is 276 g/mol. The van der Waals surface area contributed by atoms with Crippen molar-refractivity contribution in [1.82, 2.24) is 10.3 Å². The second-order valence-electron chi connectivity index (χ2n) is 7.36. The summed E-state index contributed by atoms with van der Waals surface area (Å²) in [5, 5.41) is 7.26. The minimum atomic E-state index is 0.0396. The molecule has 0 saturated carbocycles. The molecule has 0 aliphatic carbocycles. The van der Waals surface area contributed by atoms with E-state index < -0.39 is 0 Å². The molecule has 122 valence electrons. The average Bonchev–Trinajstić information content (AvgIpc) is 2.92. The van der Waals surface area contributed by atoms with Crippen molar-refractivity contribution in [2.24, 2.45) is 0 Å². The Hall–Kier alpha value is -0.410. The quantitative estimate of drug-likeness (QED) is 0.598. The molecule has 1 aromatic heterocycles. The number of unbranched alkanes of at least 4 members (excludes halogenated alkanes) is 3. The van der Waals surface area contributed by atoms with Gasteiger partial charge in [0, 0.05) is 10.8 Å². The van der Waals surface area contributed by atoms with Crippen molar-refractivity contribution in [1.29, 1.82) is 0 Å². The highest BCUT2D eigenvalue weighted by Gasteiger charge is 2.30. The van der Waals surface area contributed by atoms with Gasteiger partial charge in [0.25, 0.3) is 0 Å². The lowest BCUT2D eigenvalue weighted by molar-refractivity contribution is 0.324. The van der Waals surface area contributed by atoms with E-state index in [0.29, 0.717) is 0 Å². The van der Waals surface area contributed by atoms with E-state index in [4.69, 9.17) is 4.98 Å². The van der Waals surface area contributed by atoms with Gasteiger partial charge in [-0.2, -0.15) is 0 Å². The van der Waals surface area contributed by atoms with Crippen molar-refractivity contribution in [3.63, 3.8) is 0 Å². The number of rotatable bonds is 9. The molecule has 3 heteroatoms. The Bertz CT molecular complexity index is 406. The first-order valence-corrected chi connectivity index (χ1v) is 9.43. The zero-order chi connectivity index (χ0) is 15.9. The molecule has 0 aromatic carbocycles. The first-order valence-electron chi connectivity index (χ1n) is 8.55. The lowest BCUT2D eigenvalue weighted by Crippen LogP contribution is -2.40. The van der Waals surface area contributed by atoms with Crippen molar-refractivity contribution >= 4 is 11.3 Å². The van der Waals surface area contributed by atoms with Crippen LogP contribution in [0.3, 0.4) is 0 Å². The van der Waals surface area contributed by atoms with Gasteiger partial charge in [0.15, 0.2) is 0 Å². The molecular formula is C18H34N2S. The van der Waals surface area contributed by atoms with Gasteiger partial charge >= 0.3 is 0 Å². The molecule has 0 bridgehead atoms. The van der Waals surface area contributed by atoms with Gasteiger partial charge in [0.1, 0.15) is 5.01 Å². The van der Waals surface area contributed by atoms with Crippen LogP contribution >= 0.6 is 11.3 Å². The maximum absolute atomic E-state index is 4.96. The summed E-state index contributed by atoms with van der Waals surface area (Å²) < 4.78 is 0. The molecule has 1 heterocycles. The van der Waals surface area contributed by atoms with Gasteiger partial charge in [-0.25, -0.2) is 4.98 Å². The average molecular weight is 311 g/mol. The van der Waals surface area contributed by atoms with Gasteiger partial charge in [-0.05, 0) is 26.3 Å². The number of thiazole rings is 1. The van der Waals surface area contributed by atoms with Crippen molar-refractivity contribution < 1.29 is 0 Å². The Morgan fingerprint density at radius 1 is 1.05 bits per heavy atom. The van der Waals surface area contributed by atoms with E-state index >= 15 is 0 Å². The number of hydrogen-bond donors (Lipinski definition) is 1. The molecule has 0 aliphatic rings. The molecule has 0 spiro atoms. The third-order valence-electron chi connectivity index (χ3n) is 4.04. The predicted molar refractivity (Wildman–Crippen MR) is 95.2 cm³/mol. The minimum Gasteiger partial charge on any atom is -0.306 e. The van der Waals surface area contributed by atoms with E-state index in [0.717, 1.165) is 6.54 Å². The molecule has 0 fully saturated rings. The summed E-state index contributed by atoms with van der Waals surface area (Å²) in [6, 6.07) is 0. The molecule has 21 heavy (non-hydrogen) atoms. The van der Waals surface area contributed by atoms with Crippen LogP contribution in [0.25, 0.3) is 0 Å². The zero-order valence-electron chi connectivity index (χ0n) is 14.9. The second-order valence-corrected chi connectivity index (χ2v) is 8.22. The third kappa shape index (κ3) is 5.71. The number of nitrogens with zero attached hydrogens (tertiary/aromatic N) is 1. The Morgan fingerprint density at radius 2 is 1.76 bits per heavy atom. The molecule has 1 aromatic rings. The lowest BCUT2D eigenvalue weighted by atomic mass is 9.92. The monoisotopic (exact) mass is 310 g/mol. The Kier molecular flexibility index (Phi) is 7.35. The number of nitrogens with one attached hydrogen (secondary N) is 1. The molecule has 0 radical (unpaired) electrons.